The molecule has 2 heterocycles. The molecular weight excluding hydrogens is 280 g/mol. The second-order valence-electron chi connectivity index (χ2n) is 4.96. The molecule has 2 aromatic heterocycles. The average Bonchev–Trinajstić information content (AvgIpc) is 2.95. The van der Waals surface area contributed by atoms with Gasteiger partial charge in [-0.05, 0) is 5.92 Å². The highest BCUT2D eigenvalue weighted by Crippen LogP contribution is 2.21. The highest BCUT2D eigenvalue weighted by atomic mass is 32.2. The minimum atomic E-state index is -3.69. The average molecular weight is 298 g/mol. The maximum absolute atomic E-state index is 12.3. The highest BCUT2D eigenvalue weighted by molar-refractivity contribution is 7.89. The number of nitrogens with one attached hydrogen (secondary N) is 1. The third-order valence-corrected chi connectivity index (χ3v) is 4.26. The smallest absolute Gasteiger partial charge is 0.260 e. The number of aryl methyl sites for hydroxylation is 2. The first-order chi connectivity index (χ1) is 9.31. The first kappa shape index (κ1) is 14.7. The van der Waals surface area contributed by atoms with E-state index in [0.717, 1.165) is 0 Å². The molecule has 0 aromatic carbocycles. The molecule has 2 aromatic rings. The summed E-state index contributed by atoms with van der Waals surface area (Å²) in [4.78, 5) is 7.99. The van der Waals surface area contributed by atoms with Crippen molar-refractivity contribution < 1.29 is 8.42 Å². The van der Waals surface area contributed by atoms with Crippen LogP contribution < -0.4 is 4.72 Å². The van der Waals surface area contributed by atoms with Crippen LogP contribution in [0.4, 0.5) is 0 Å². The van der Waals surface area contributed by atoms with E-state index in [4.69, 9.17) is 0 Å². The molecule has 2 rings (SSSR count). The quantitative estimate of drug-likeness (QED) is 0.852. The zero-order chi connectivity index (χ0) is 14.9. The second-order valence-corrected chi connectivity index (χ2v) is 6.62. The van der Waals surface area contributed by atoms with E-state index >= 15 is 0 Å². The highest BCUT2D eigenvalue weighted by Gasteiger charge is 2.28. The lowest BCUT2D eigenvalue weighted by atomic mass is 10.1. The third-order valence-electron chi connectivity index (χ3n) is 2.93. The van der Waals surface area contributed by atoms with Crippen molar-refractivity contribution in [2.24, 2.45) is 20.0 Å². The predicted octanol–water partition coefficient (Wildman–Crippen LogP) is 0.224. The van der Waals surface area contributed by atoms with E-state index in [0.29, 0.717) is 5.82 Å². The van der Waals surface area contributed by atoms with Crippen molar-refractivity contribution in [2.75, 3.05) is 0 Å². The fraction of sp³-hybridized carbons (Fsp3) is 0.545. The normalized spacial score (nSPS) is 13.8. The summed E-state index contributed by atoms with van der Waals surface area (Å²) in [6.45, 7) is 3.83. The number of hydrogen-bond donors (Lipinski definition) is 1. The molecule has 110 valence electrons. The Bertz CT molecular complexity index is 687. The predicted molar refractivity (Wildman–Crippen MR) is 72.1 cm³/mol. The summed E-state index contributed by atoms with van der Waals surface area (Å²) in [6, 6.07) is -0.463. The van der Waals surface area contributed by atoms with Gasteiger partial charge < -0.3 is 4.57 Å². The lowest BCUT2D eigenvalue weighted by Gasteiger charge is -2.20. The number of aromatic nitrogens is 5. The van der Waals surface area contributed by atoms with E-state index in [1.54, 1.807) is 23.3 Å². The van der Waals surface area contributed by atoms with E-state index in [-0.39, 0.29) is 10.9 Å². The topological polar surface area (TPSA) is 94.7 Å². The van der Waals surface area contributed by atoms with Crippen molar-refractivity contribution >= 4 is 10.0 Å². The summed E-state index contributed by atoms with van der Waals surface area (Å²) in [5.74, 6) is 0.593. The fourth-order valence-electron chi connectivity index (χ4n) is 1.83. The van der Waals surface area contributed by atoms with Crippen molar-refractivity contribution in [1.29, 1.82) is 0 Å². The van der Waals surface area contributed by atoms with Gasteiger partial charge in [-0.25, -0.2) is 18.4 Å². The molecule has 0 aliphatic carbocycles. The Morgan fingerprint density at radius 2 is 1.95 bits per heavy atom. The van der Waals surface area contributed by atoms with Crippen molar-refractivity contribution in [3.8, 4) is 0 Å². The molecule has 0 unspecified atom stereocenters. The molecule has 0 amide bonds. The van der Waals surface area contributed by atoms with Gasteiger partial charge in [0.15, 0.2) is 5.03 Å². The minimum Gasteiger partial charge on any atom is -0.339 e. The maximum Gasteiger partial charge on any atom is 0.260 e. The number of rotatable bonds is 5. The molecule has 0 bridgehead atoms. The van der Waals surface area contributed by atoms with Crippen molar-refractivity contribution in [1.82, 2.24) is 29.0 Å². The zero-order valence-corrected chi connectivity index (χ0v) is 12.7. The Balaban J connectivity index is 2.32. The third kappa shape index (κ3) is 2.88. The van der Waals surface area contributed by atoms with Crippen LogP contribution in [0, 0.1) is 5.92 Å². The number of sulfonamides is 1. The largest absolute Gasteiger partial charge is 0.339 e. The van der Waals surface area contributed by atoms with E-state index in [1.807, 2.05) is 13.8 Å². The van der Waals surface area contributed by atoms with Crippen LogP contribution in [0.5, 0.6) is 0 Å². The molecule has 1 atom stereocenters. The van der Waals surface area contributed by atoms with Gasteiger partial charge in [0.05, 0.1) is 12.4 Å². The molecular formula is C11H18N6O2S. The van der Waals surface area contributed by atoms with Gasteiger partial charge >= 0.3 is 0 Å². The molecule has 8 nitrogen and oxygen atoms in total. The van der Waals surface area contributed by atoms with Crippen LogP contribution in [-0.4, -0.2) is 32.7 Å². The lowest BCUT2D eigenvalue weighted by Crippen LogP contribution is -2.33. The van der Waals surface area contributed by atoms with Crippen LogP contribution in [0.15, 0.2) is 23.9 Å². The Kier molecular flexibility index (Phi) is 3.91. The number of imidazole rings is 1. The van der Waals surface area contributed by atoms with Gasteiger partial charge in [0.1, 0.15) is 12.2 Å². The van der Waals surface area contributed by atoms with Crippen molar-refractivity contribution in [2.45, 2.75) is 24.9 Å². The molecule has 0 aliphatic heterocycles. The van der Waals surface area contributed by atoms with Crippen LogP contribution in [0.25, 0.3) is 0 Å². The van der Waals surface area contributed by atoms with Crippen LogP contribution in [-0.2, 0) is 24.1 Å². The fourth-order valence-corrected chi connectivity index (χ4v) is 3.15. The van der Waals surface area contributed by atoms with Crippen molar-refractivity contribution in [3.63, 3.8) is 0 Å². The van der Waals surface area contributed by atoms with Gasteiger partial charge in [0.2, 0.25) is 0 Å². The summed E-state index contributed by atoms with van der Waals surface area (Å²) < 4.78 is 30.4. The molecule has 0 spiro atoms. The van der Waals surface area contributed by atoms with E-state index in [9.17, 15) is 8.42 Å². The number of hydrogen-bond acceptors (Lipinski definition) is 5. The summed E-state index contributed by atoms with van der Waals surface area (Å²) in [5.41, 5.74) is 0. The summed E-state index contributed by atoms with van der Waals surface area (Å²) in [5, 5.41) is 3.97. The van der Waals surface area contributed by atoms with Gasteiger partial charge in [-0.15, -0.1) is 0 Å². The Morgan fingerprint density at radius 1 is 1.25 bits per heavy atom. The lowest BCUT2D eigenvalue weighted by molar-refractivity contribution is 0.428. The monoisotopic (exact) mass is 298 g/mol. The Hall–Kier alpha value is -1.74. The first-order valence-corrected chi connectivity index (χ1v) is 7.64. The van der Waals surface area contributed by atoms with Gasteiger partial charge in [-0.3, -0.25) is 4.68 Å². The zero-order valence-electron chi connectivity index (χ0n) is 11.8. The molecule has 1 N–H and O–H groups in total. The van der Waals surface area contributed by atoms with Crippen LogP contribution in [0.2, 0.25) is 0 Å². The minimum absolute atomic E-state index is 0.00665. The SMILES string of the molecule is CC(C)[C@H](NS(=O)(=O)c1cn(C)cn1)c1ncnn1C. The Labute approximate surface area is 117 Å². The molecule has 0 saturated heterocycles. The summed E-state index contributed by atoms with van der Waals surface area (Å²) in [7, 11) is -0.244. The van der Waals surface area contributed by atoms with E-state index < -0.39 is 16.1 Å². The summed E-state index contributed by atoms with van der Waals surface area (Å²) in [6.07, 6.45) is 4.30. The molecule has 9 heteroatoms. The molecule has 0 saturated carbocycles. The van der Waals surface area contributed by atoms with Crippen LogP contribution in [0.3, 0.4) is 0 Å². The molecule has 0 fully saturated rings. The van der Waals surface area contributed by atoms with Crippen molar-refractivity contribution in [3.05, 3.63) is 24.7 Å². The molecule has 0 aliphatic rings. The first-order valence-electron chi connectivity index (χ1n) is 6.15. The standard InChI is InChI=1S/C11H18N6O2S/c1-8(2)10(11-12-6-14-17(11)4)15-20(18,19)9-5-16(3)7-13-9/h5-8,10,15H,1-4H3/t10-/m0/s1. The summed E-state index contributed by atoms with van der Waals surface area (Å²) >= 11 is 0. The van der Waals surface area contributed by atoms with E-state index in [1.165, 1.54) is 18.9 Å². The van der Waals surface area contributed by atoms with Gasteiger partial charge in [0, 0.05) is 20.3 Å². The van der Waals surface area contributed by atoms with Gasteiger partial charge in [-0.2, -0.15) is 9.82 Å². The Morgan fingerprint density at radius 3 is 2.40 bits per heavy atom. The van der Waals surface area contributed by atoms with Crippen LogP contribution in [0.1, 0.15) is 25.7 Å². The number of nitrogens with zero attached hydrogens (tertiary/aromatic N) is 5. The second kappa shape index (κ2) is 5.33. The molecule has 0 radical (unpaired) electrons. The maximum atomic E-state index is 12.3. The molecule has 20 heavy (non-hydrogen) atoms. The van der Waals surface area contributed by atoms with Gasteiger partial charge in [-0.1, -0.05) is 13.8 Å². The van der Waals surface area contributed by atoms with E-state index in [2.05, 4.69) is 19.8 Å². The van der Waals surface area contributed by atoms with Gasteiger partial charge in [0.25, 0.3) is 10.0 Å². The van der Waals surface area contributed by atoms with Crippen LogP contribution >= 0.6 is 0 Å².